The van der Waals surface area contributed by atoms with Gasteiger partial charge in [0.05, 0.1) is 29.2 Å². The third-order valence-electron chi connectivity index (χ3n) is 3.96. The zero-order valence-corrected chi connectivity index (χ0v) is 14.0. The molecule has 0 aliphatic heterocycles. The number of carbonyl (C=O) groups is 2. The van der Waals surface area contributed by atoms with Gasteiger partial charge in [0, 0.05) is 0 Å². The molecule has 1 aliphatic rings. The number of nitrogens with one attached hydrogen (secondary N) is 1. The second-order valence-electron chi connectivity index (χ2n) is 5.77. The second kappa shape index (κ2) is 7.94. The maximum atomic E-state index is 12.0. The van der Waals surface area contributed by atoms with Crippen LogP contribution in [0, 0.1) is 13.8 Å². The van der Waals surface area contributed by atoms with E-state index in [1.54, 1.807) is 26.8 Å². The Hall–Kier alpha value is -2.11. The summed E-state index contributed by atoms with van der Waals surface area (Å²) in [5.74, 6) is -0.443. The number of rotatable bonds is 4. The van der Waals surface area contributed by atoms with E-state index in [2.05, 4.69) is 10.3 Å². The van der Waals surface area contributed by atoms with Crippen molar-refractivity contribution >= 4 is 17.7 Å². The lowest BCUT2D eigenvalue weighted by Crippen LogP contribution is -2.25. The Kier molecular flexibility index (Phi) is 5.96. The largest absolute Gasteiger partial charge is 0.462 e. The van der Waals surface area contributed by atoms with Gasteiger partial charge in [0.25, 0.3) is 0 Å². The van der Waals surface area contributed by atoms with Crippen LogP contribution in [-0.4, -0.2) is 29.8 Å². The summed E-state index contributed by atoms with van der Waals surface area (Å²) in [6.45, 7) is 5.55. The van der Waals surface area contributed by atoms with E-state index in [0.29, 0.717) is 29.2 Å². The minimum atomic E-state index is -0.500. The summed E-state index contributed by atoms with van der Waals surface area (Å²) in [4.78, 5) is 28.3. The number of anilines is 1. The summed E-state index contributed by atoms with van der Waals surface area (Å²) in [6.07, 6.45) is 4.68. The van der Waals surface area contributed by atoms with Gasteiger partial charge in [-0.15, -0.1) is 0 Å². The van der Waals surface area contributed by atoms with E-state index in [1.807, 2.05) is 0 Å². The van der Waals surface area contributed by atoms with E-state index in [9.17, 15) is 9.59 Å². The van der Waals surface area contributed by atoms with Gasteiger partial charge >= 0.3 is 12.1 Å². The van der Waals surface area contributed by atoms with Gasteiger partial charge in [-0.1, -0.05) is 6.42 Å². The monoisotopic (exact) mass is 320 g/mol. The summed E-state index contributed by atoms with van der Waals surface area (Å²) in [7, 11) is 0. The normalized spacial score (nSPS) is 15.1. The van der Waals surface area contributed by atoms with Crippen molar-refractivity contribution in [3.63, 3.8) is 0 Å². The topological polar surface area (TPSA) is 77.5 Å². The number of pyridine rings is 1. The van der Waals surface area contributed by atoms with Crippen LogP contribution in [0.5, 0.6) is 0 Å². The molecule has 2 rings (SSSR count). The first-order valence-electron chi connectivity index (χ1n) is 8.14. The number of hydrogen-bond acceptors (Lipinski definition) is 5. The Labute approximate surface area is 136 Å². The third-order valence-corrected chi connectivity index (χ3v) is 3.96. The van der Waals surface area contributed by atoms with Crippen molar-refractivity contribution in [3.05, 3.63) is 23.0 Å². The molecular weight excluding hydrogens is 296 g/mol. The predicted molar refractivity (Wildman–Crippen MR) is 86.6 cm³/mol. The Bertz CT molecular complexity index is 580. The molecule has 23 heavy (non-hydrogen) atoms. The average Bonchev–Trinajstić information content (AvgIpc) is 2.51. The van der Waals surface area contributed by atoms with Gasteiger partial charge in [0.2, 0.25) is 0 Å². The van der Waals surface area contributed by atoms with E-state index < -0.39 is 12.1 Å². The van der Waals surface area contributed by atoms with Crippen LogP contribution in [0.2, 0.25) is 0 Å². The average molecular weight is 320 g/mol. The molecule has 1 amide bonds. The Morgan fingerprint density at radius 1 is 1.22 bits per heavy atom. The van der Waals surface area contributed by atoms with Gasteiger partial charge < -0.3 is 9.47 Å². The van der Waals surface area contributed by atoms with E-state index in [0.717, 1.165) is 25.7 Å². The van der Waals surface area contributed by atoms with Crippen molar-refractivity contribution in [2.75, 3.05) is 11.9 Å². The summed E-state index contributed by atoms with van der Waals surface area (Å²) in [5.41, 5.74) is 2.04. The van der Waals surface area contributed by atoms with Crippen LogP contribution in [0.1, 0.15) is 60.8 Å². The van der Waals surface area contributed by atoms with Crippen LogP contribution in [0.4, 0.5) is 10.5 Å². The molecule has 0 radical (unpaired) electrons. The smallest absolute Gasteiger partial charge is 0.411 e. The number of aromatic nitrogens is 1. The highest BCUT2D eigenvalue weighted by Gasteiger charge is 2.20. The lowest BCUT2D eigenvalue weighted by atomic mass is 9.98. The molecule has 1 aromatic heterocycles. The molecule has 0 bridgehead atoms. The van der Waals surface area contributed by atoms with Crippen molar-refractivity contribution < 1.29 is 19.1 Å². The Morgan fingerprint density at radius 2 is 1.91 bits per heavy atom. The van der Waals surface area contributed by atoms with Gasteiger partial charge in [-0.2, -0.15) is 0 Å². The zero-order chi connectivity index (χ0) is 16.8. The minimum Gasteiger partial charge on any atom is -0.462 e. The highest BCUT2D eigenvalue weighted by atomic mass is 16.6. The van der Waals surface area contributed by atoms with Crippen LogP contribution < -0.4 is 5.32 Å². The second-order valence-corrected chi connectivity index (χ2v) is 5.77. The fourth-order valence-corrected chi connectivity index (χ4v) is 2.74. The molecular formula is C17H24N2O4. The molecule has 0 unspecified atom stereocenters. The molecule has 6 heteroatoms. The number of nitrogens with zero attached hydrogens (tertiary/aromatic N) is 1. The van der Waals surface area contributed by atoms with Gasteiger partial charge in [-0.05, 0) is 52.5 Å². The summed E-state index contributed by atoms with van der Waals surface area (Å²) >= 11 is 0. The first-order valence-corrected chi connectivity index (χ1v) is 8.14. The number of amides is 1. The van der Waals surface area contributed by atoms with Crippen LogP contribution in [0.15, 0.2) is 6.07 Å². The fraction of sp³-hybridized carbons (Fsp3) is 0.588. The number of aryl methyl sites for hydroxylation is 2. The number of esters is 1. The molecule has 1 fully saturated rings. The molecule has 0 saturated heterocycles. The molecule has 0 spiro atoms. The van der Waals surface area contributed by atoms with E-state index >= 15 is 0 Å². The molecule has 0 atom stereocenters. The first kappa shape index (κ1) is 17.2. The zero-order valence-electron chi connectivity index (χ0n) is 14.0. The summed E-state index contributed by atoms with van der Waals surface area (Å²) in [5, 5.41) is 2.69. The van der Waals surface area contributed by atoms with E-state index in [4.69, 9.17) is 9.47 Å². The molecule has 1 saturated carbocycles. The molecule has 6 nitrogen and oxygen atoms in total. The van der Waals surface area contributed by atoms with E-state index in [-0.39, 0.29) is 6.10 Å². The standard InChI is InChI=1S/C17H24N2O4/c1-4-22-16(20)14-10-15(12(3)18-11(14)2)19-17(21)23-13-8-6-5-7-9-13/h10,13H,4-9H2,1-3H3,(H,19,21). The van der Waals surface area contributed by atoms with Gasteiger partial charge in [0.1, 0.15) is 6.10 Å². The van der Waals surface area contributed by atoms with Gasteiger partial charge in [-0.25, -0.2) is 9.59 Å². The number of ether oxygens (including phenoxy) is 2. The third kappa shape index (κ3) is 4.68. The van der Waals surface area contributed by atoms with Crippen molar-refractivity contribution in [3.8, 4) is 0 Å². The Morgan fingerprint density at radius 3 is 2.57 bits per heavy atom. The lowest BCUT2D eigenvalue weighted by molar-refractivity contribution is 0.0524. The van der Waals surface area contributed by atoms with Crippen LogP contribution in [0.3, 0.4) is 0 Å². The molecule has 1 aromatic rings. The van der Waals surface area contributed by atoms with Crippen molar-refractivity contribution in [1.82, 2.24) is 4.98 Å². The van der Waals surface area contributed by atoms with Crippen molar-refractivity contribution in [2.45, 2.75) is 59.0 Å². The van der Waals surface area contributed by atoms with Crippen molar-refractivity contribution in [2.24, 2.45) is 0 Å². The minimum absolute atomic E-state index is 0.0213. The molecule has 0 aromatic carbocycles. The lowest BCUT2D eigenvalue weighted by Gasteiger charge is -2.22. The molecule has 126 valence electrons. The first-order chi connectivity index (χ1) is 11.0. The van der Waals surface area contributed by atoms with Gasteiger partial charge in [-0.3, -0.25) is 10.3 Å². The van der Waals surface area contributed by atoms with Gasteiger partial charge in [0.15, 0.2) is 0 Å². The van der Waals surface area contributed by atoms with Crippen LogP contribution >= 0.6 is 0 Å². The summed E-state index contributed by atoms with van der Waals surface area (Å²) < 4.78 is 10.4. The number of hydrogen-bond donors (Lipinski definition) is 1. The highest BCUT2D eigenvalue weighted by Crippen LogP contribution is 2.22. The van der Waals surface area contributed by atoms with E-state index in [1.165, 1.54) is 6.42 Å². The maximum Gasteiger partial charge on any atom is 0.411 e. The quantitative estimate of drug-likeness (QED) is 0.855. The fourth-order valence-electron chi connectivity index (χ4n) is 2.74. The van der Waals surface area contributed by atoms with Crippen molar-refractivity contribution in [1.29, 1.82) is 0 Å². The molecule has 1 aliphatic carbocycles. The SMILES string of the molecule is CCOC(=O)c1cc(NC(=O)OC2CCCCC2)c(C)nc1C. The molecule has 1 N–H and O–H groups in total. The highest BCUT2D eigenvalue weighted by molar-refractivity contribution is 5.93. The van der Waals surface area contributed by atoms with Crippen LogP contribution in [-0.2, 0) is 9.47 Å². The number of carbonyl (C=O) groups excluding carboxylic acids is 2. The predicted octanol–water partition coefficient (Wildman–Crippen LogP) is 3.76. The van der Waals surface area contributed by atoms with Crippen LogP contribution in [0.25, 0.3) is 0 Å². The Balaban J connectivity index is 2.07. The summed E-state index contributed by atoms with van der Waals surface area (Å²) in [6, 6.07) is 1.60. The molecule has 1 heterocycles. The maximum absolute atomic E-state index is 12.0.